The molecular weight excluding hydrogens is 248 g/mol. The fraction of sp³-hybridized carbons (Fsp3) is 0.0909. The quantitative estimate of drug-likeness (QED) is 0.597. The first kappa shape index (κ1) is 11.2. The number of aromatic nitrogens is 6. The van der Waals surface area contributed by atoms with Crippen LogP contribution in [0.3, 0.4) is 0 Å². The van der Waals surface area contributed by atoms with Crippen LogP contribution in [-0.4, -0.2) is 36.3 Å². The highest BCUT2D eigenvalue weighted by Gasteiger charge is 2.06. The Balaban J connectivity index is 2.03. The molecule has 8 heteroatoms. The van der Waals surface area contributed by atoms with E-state index in [0.29, 0.717) is 17.2 Å². The van der Waals surface area contributed by atoms with Gasteiger partial charge in [0.1, 0.15) is 17.9 Å². The Morgan fingerprint density at radius 3 is 2.79 bits per heavy atom. The zero-order valence-electron chi connectivity index (χ0n) is 9.67. The van der Waals surface area contributed by atoms with Gasteiger partial charge >= 0.3 is 0 Å². The molecule has 0 radical (unpaired) electrons. The van der Waals surface area contributed by atoms with Crippen LogP contribution in [0.25, 0.3) is 10.9 Å². The lowest BCUT2D eigenvalue weighted by molar-refractivity contribution is 0.111. The molecule has 0 aliphatic carbocycles. The molecule has 0 fully saturated rings. The minimum atomic E-state index is -0.270. The highest BCUT2D eigenvalue weighted by Crippen LogP contribution is 2.03. The van der Waals surface area contributed by atoms with Gasteiger partial charge in [0.2, 0.25) is 0 Å². The lowest BCUT2D eigenvalue weighted by Crippen LogP contribution is -2.27. The predicted molar refractivity (Wildman–Crippen MR) is 64.6 cm³/mol. The van der Waals surface area contributed by atoms with Crippen molar-refractivity contribution in [1.82, 2.24) is 30.0 Å². The molecule has 0 saturated carbocycles. The average molecular weight is 256 g/mol. The lowest BCUT2D eigenvalue weighted by atomic mass is 10.2. The molecule has 0 N–H and O–H groups in total. The molecule has 3 rings (SSSR count). The Kier molecular flexibility index (Phi) is 2.60. The van der Waals surface area contributed by atoms with E-state index in [4.69, 9.17) is 0 Å². The molecule has 94 valence electrons. The zero-order valence-corrected chi connectivity index (χ0v) is 9.67. The van der Waals surface area contributed by atoms with Crippen molar-refractivity contribution < 1.29 is 4.79 Å². The van der Waals surface area contributed by atoms with E-state index in [1.165, 1.54) is 10.9 Å². The van der Waals surface area contributed by atoms with E-state index in [2.05, 4.69) is 20.6 Å². The number of benzene rings is 1. The maximum absolute atomic E-state index is 12.1. The van der Waals surface area contributed by atoms with Gasteiger partial charge in [-0.15, -0.1) is 10.2 Å². The van der Waals surface area contributed by atoms with Crippen molar-refractivity contribution in [2.45, 2.75) is 6.67 Å². The third kappa shape index (κ3) is 1.99. The van der Waals surface area contributed by atoms with Crippen molar-refractivity contribution in [2.75, 3.05) is 0 Å². The summed E-state index contributed by atoms with van der Waals surface area (Å²) in [5.41, 5.74) is 0.464. The highest BCUT2D eigenvalue weighted by atomic mass is 16.1. The monoisotopic (exact) mass is 256 g/mol. The Morgan fingerprint density at radius 1 is 1.16 bits per heavy atom. The lowest BCUT2D eigenvalue weighted by Gasteiger charge is -2.03. The largest absolute Gasteiger partial charge is 0.296 e. The molecule has 2 heterocycles. The van der Waals surface area contributed by atoms with Crippen molar-refractivity contribution in [3.8, 4) is 0 Å². The number of rotatable bonds is 3. The van der Waals surface area contributed by atoms with Crippen molar-refractivity contribution in [3.63, 3.8) is 0 Å². The third-order valence-electron chi connectivity index (χ3n) is 2.59. The fourth-order valence-corrected chi connectivity index (χ4v) is 1.69. The maximum atomic E-state index is 12.1. The summed E-state index contributed by atoms with van der Waals surface area (Å²) in [6, 6.07) is 6.94. The molecular formula is C11H8N6O2. The van der Waals surface area contributed by atoms with E-state index >= 15 is 0 Å². The standard InChI is InChI=1S/C11H8N6O2/c18-6-8-5-16(14-12-8)7-17-11(19)9-3-1-2-4-10(9)13-15-17/h1-6H,7H2. The molecule has 8 nitrogen and oxygen atoms in total. The van der Waals surface area contributed by atoms with Gasteiger partial charge in [-0.05, 0) is 12.1 Å². The second kappa shape index (κ2) is 4.41. The van der Waals surface area contributed by atoms with Gasteiger partial charge in [-0.25, -0.2) is 4.68 Å². The van der Waals surface area contributed by atoms with E-state index in [0.717, 1.165) is 4.68 Å². The summed E-state index contributed by atoms with van der Waals surface area (Å²) in [6.45, 7) is 0.0531. The van der Waals surface area contributed by atoms with Gasteiger partial charge in [-0.3, -0.25) is 9.59 Å². The first-order chi connectivity index (χ1) is 9.28. The van der Waals surface area contributed by atoms with Crippen molar-refractivity contribution >= 4 is 17.2 Å². The first-order valence-corrected chi connectivity index (χ1v) is 5.46. The molecule has 0 bridgehead atoms. The van der Waals surface area contributed by atoms with E-state index in [-0.39, 0.29) is 17.9 Å². The summed E-state index contributed by atoms with van der Waals surface area (Å²) in [6.07, 6.45) is 2.01. The fourth-order valence-electron chi connectivity index (χ4n) is 1.69. The molecule has 0 atom stereocenters. The summed E-state index contributed by atoms with van der Waals surface area (Å²) in [4.78, 5) is 22.6. The number of nitrogens with zero attached hydrogens (tertiary/aromatic N) is 6. The summed E-state index contributed by atoms with van der Waals surface area (Å²) in [5.74, 6) is 0. The van der Waals surface area contributed by atoms with Gasteiger partial charge in [0, 0.05) is 0 Å². The smallest absolute Gasteiger partial charge is 0.279 e. The minimum absolute atomic E-state index is 0.0531. The van der Waals surface area contributed by atoms with Crippen LogP contribution in [0.1, 0.15) is 10.5 Å². The number of hydrogen-bond donors (Lipinski definition) is 0. The molecule has 0 unspecified atom stereocenters. The van der Waals surface area contributed by atoms with Gasteiger partial charge in [0.15, 0.2) is 6.29 Å². The SMILES string of the molecule is O=Cc1cn(Cn2nnc3ccccc3c2=O)nn1. The van der Waals surface area contributed by atoms with Gasteiger partial charge < -0.3 is 0 Å². The van der Waals surface area contributed by atoms with Crippen LogP contribution < -0.4 is 5.56 Å². The van der Waals surface area contributed by atoms with Crippen LogP contribution in [-0.2, 0) is 6.67 Å². The van der Waals surface area contributed by atoms with Gasteiger partial charge in [-0.2, -0.15) is 4.68 Å². The number of fused-ring (bicyclic) bond motifs is 1. The van der Waals surface area contributed by atoms with E-state index in [1.54, 1.807) is 24.3 Å². The Labute approximate surface area is 106 Å². The van der Waals surface area contributed by atoms with E-state index in [1.807, 2.05) is 0 Å². The molecule has 2 aromatic heterocycles. The second-order valence-electron chi connectivity index (χ2n) is 3.85. The average Bonchev–Trinajstić information content (AvgIpc) is 2.90. The molecule has 0 aliphatic rings. The first-order valence-electron chi connectivity index (χ1n) is 5.46. The predicted octanol–water partition coefficient (Wildman–Crippen LogP) is -0.299. The Morgan fingerprint density at radius 2 is 2.00 bits per heavy atom. The summed E-state index contributed by atoms with van der Waals surface area (Å²) in [5, 5.41) is 15.6. The summed E-state index contributed by atoms with van der Waals surface area (Å²) < 4.78 is 2.50. The normalized spacial score (nSPS) is 10.7. The van der Waals surface area contributed by atoms with Crippen molar-refractivity contribution in [3.05, 3.63) is 46.5 Å². The van der Waals surface area contributed by atoms with E-state index in [9.17, 15) is 9.59 Å². The maximum Gasteiger partial charge on any atom is 0.279 e. The van der Waals surface area contributed by atoms with Crippen LogP contribution in [0.4, 0.5) is 0 Å². The molecule has 0 aliphatic heterocycles. The molecule has 0 spiro atoms. The van der Waals surface area contributed by atoms with Crippen LogP contribution in [0.15, 0.2) is 35.3 Å². The Hall–Kier alpha value is -2.90. The van der Waals surface area contributed by atoms with Crippen molar-refractivity contribution in [2.24, 2.45) is 0 Å². The van der Waals surface area contributed by atoms with Crippen LogP contribution in [0, 0.1) is 0 Å². The molecule has 1 aromatic carbocycles. The van der Waals surface area contributed by atoms with Crippen molar-refractivity contribution in [1.29, 1.82) is 0 Å². The topological polar surface area (TPSA) is 95.6 Å². The third-order valence-corrected chi connectivity index (χ3v) is 2.59. The van der Waals surface area contributed by atoms with Gasteiger partial charge in [0.25, 0.3) is 5.56 Å². The number of hydrogen-bond acceptors (Lipinski definition) is 6. The minimum Gasteiger partial charge on any atom is -0.296 e. The molecule has 19 heavy (non-hydrogen) atoms. The number of carbonyl (C=O) groups excluding carboxylic acids is 1. The van der Waals surface area contributed by atoms with Crippen LogP contribution in [0.5, 0.6) is 0 Å². The summed E-state index contributed by atoms with van der Waals surface area (Å²) >= 11 is 0. The van der Waals surface area contributed by atoms with Crippen LogP contribution >= 0.6 is 0 Å². The highest BCUT2D eigenvalue weighted by molar-refractivity contribution is 5.76. The zero-order chi connectivity index (χ0) is 13.2. The van der Waals surface area contributed by atoms with E-state index < -0.39 is 0 Å². The second-order valence-corrected chi connectivity index (χ2v) is 3.85. The molecule has 0 saturated heterocycles. The number of carbonyl (C=O) groups is 1. The van der Waals surface area contributed by atoms with Crippen LogP contribution in [0.2, 0.25) is 0 Å². The Bertz CT molecular complexity index is 806. The number of aldehydes is 1. The van der Waals surface area contributed by atoms with Gasteiger partial charge in [0.05, 0.1) is 11.6 Å². The van der Waals surface area contributed by atoms with Gasteiger partial charge in [-0.1, -0.05) is 22.6 Å². The molecule has 3 aromatic rings. The molecule has 0 amide bonds. The summed E-state index contributed by atoms with van der Waals surface area (Å²) in [7, 11) is 0.